The third kappa shape index (κ3) is 26.2. The van der Waals surface area contributed by atoms with Crippen LogP contribution in [-0.4, -0.2) is 35.7 Å². The van der Waals surface area contributed by atoms with Crippen molar-refractivity contribution in [2.24, 2.45) is 0 Å². The molecule has 0 amide bonds. The summed E-state index contributed by atoms with van der Waals surface area (Å²) in [5.74, 6) is -1.76. The van der Waals surface area contributed by atoms with Gasteiger partial charge < -0.3 is 0 Å². The number of carbonyl (C=O) groups is 4. The molecule has 0 aromatic carbocycles. The molecule has 0 spiro atoms. The van der Waals surface area contributed by atoms with Crippen LogP contribution in [-0.2, 0) is 60.4 Å². The molecule has 0 aliphatic rings. The molecule has 0 N–H and O–H groups in total. The van der Waals surface area contributed by atoms with Gasteiger partial charge in [0.1, 0.15) is 24.4 Å². The summed E-state index contributed by atoms with van der Waals surface area (Å²) < 4.78 is 0. The third-order valence-electron chi connectivity index (χ3n) is 1.45. The average Bonchev–Trinajstić information content (AvgIpc) is 2.33. The van der Waals surface area contributed by atoms with Gasteiger partial charge in [0.25, 0.3) is 0 Å². The zero-order valence-electron chi connectivity index (χ0n) is 14.3. The van der Waals surface area contributed by atoms with Crippen LogP contribution < -0.4 is 0 Å². The van der Waals surface area contributed by atoms with Gasteiger partial charge in [-0.2, -0.15) is 9.78 Å². The van der Waals surface area contributed by atoms with Gasteiger partial charge in [0, 0.05) is 21.7 Å². The fourth-order valence-electron chi connectivity index (χ4n) is 0.765. The van der Waals surface area contributed by atoms with Crippen molar-refractivity contribution >= 4 is 23.5 Å². The molecule has 9 heteroatoms. The van der Waals surface area contributed by atoms with E-state index in [0.29, 0.717) is 0 Å². The van der Waals surface area contributed by atoms with E-state index in [2.05, 4.69) is 19.6 Å². The molecule has 23 heavy (non-hydrogen) atoms. The average molecular weight is 368 g/mol. The van der Waals surface area contributed by atoms with Gasteiger partial charge in [-0.1, -0.05) is 0 Å². The van der Waals surface area contributed by atoms with Crippen molar-refractivity contribution in [3.8, 4) is 0 Å². The molecule has 0 aliphatic carbocycles. The largest absolute Gasteiger partial charge is 0.349 e. The normalized spacial score (nSPS) is 9.39. The molecule has 0 aromatic rings. The SMILES string of the molecule is CC(=O)CC(=O)OOC(C)C.CC(=O)CC(=O)OOC(C)C.[Ti]. The molecule has 132 valence electrons. The predicted octanol–water partition coefficient (Wildman–Crippen LogP) is 1.69. The first kappa shape index (κ1) is 26.8. The molecular formula is C14H24O8Ti. The Morgan fingerprint density at radius 1 is 0.696 bits per heavy atom. The van der Waals surface area contributed by atoms with E-state index in [9.17, 15) is 19.2 Å². The first-order chi connectivity index (χ1) is 10.0. The van der Waals surface area contributed by atoms with Crippen molar-refractivity contribution < 1.29 is 60.4 Å². The zero-order valence-corrected chi connectivity index (χ0v) is 15.9. The quantitative estimate of drug-likeness (QED) is 0.276. The van der Waals surface area contributed by atoms with E-state index >= 15 is 0 Å². The first-order valence-corrected chi connectivity index (χ1v) is 6.75. The Morgan fingerprint density at radius 2 is 0.957 bits per heavy atom. The van der Waals surface area contributed by atoms with Gasteiger partial charge in [0.2, 0.25) is 0 Å². The zero-order chi connectivity index (χ0) is 17.7. The summed E-state index contributed by atoms with van der Waals surface area (Å²) in [6, 6.07) is 0. The fourth-order valence-corrected chi connectivity index (χ4v) is 0.765. The monoisotopic (exact) mass is 368 g/mol. The van der Waals surface area contributed by atoms with Crippen LogP contribution in [0.1, 0.15) is 54.4 Å². The van der Waals surface area contributed by atoms with Gasteiger partial charge in [-0.25, -0.2) is 9.59 Å². The molecule has 0 radical (unpaired) electrons. The van der Waals surface area contributed by atoms with Gasteiger partial charge in [0.15, 0.2) is 0 Å². The van der Waals surface area contributed by atoms with Gasteiger partial charge >= 0.3 is 11.9 Å². The molecule has 0 aliphatic heterocycles. The van der Waals surface area contributed by atoms with Gasteiger partial charge in [-0.05, 0) is 41.5 Å². The van der Waals surface area contributed by atoms with Crippen LogP contribution in [0.2, 0.25) is 0 Å². The number of Topliss-reactive ketones (excluding diaryl/α,β-unsaturated/α-hetero) is 2. The Hall–Kier alpha value is -1.09. The Kier molecular flexibility index (Phi) is 18.4. The summed E-state index contributed by atoms with van der Waals surface area (Å²) in [6.45, 7) is 9.53. The molecule has 0 heterocycles. The Morgan fingerprint density at radius 3 is 1.13 bits per heavy atom. The summed E-state index contributed by atoms with van der Waals surface area (Å²) in [4.78, 5) is 59.4. The number of carbonyl (C=O) groups excluding carboxylic acids is 4. The van der Waals surface area contributed by atoms with Crippen LogP contribution in [0.25, 0.3) is 0 Å². The van der Waals surface area contributed by atoms with Crippen LogP contribution in [0, 0.1) is 0 Å². The molecule has 0 saturated heterocycles. The van der Waals surface area contributed by atoms with E-state index in [4.69, 9.17) is 0 Å². The van der Waals surface area contributed by atoms with E-state index < -0.39 is 11.9 Å². The topological polar surface area (TPSA) is 105 Å². The maximum absolute atomic E-state index is 10.6. The molecule has 0 aromatic heterocycles. The Balaban J connectivity index is -0.000000333. The van der Waals surface area contributed by atoms with Gasteiger partial charge in [-0.15, -0.1) is 0 Å². The molecule has 0 unspecified atom stereocenters. The molecule has 0 saturated carbocycles. The van der Waals surface area contributed by atoms with Crippen molar-refractivity contribution in [3.05, 3.63) is 0 Å². The maximum atomic E-state index is 10.6. The minimum Gasteiger partial charge on any atom is -0.299 e. The van der Waals surface area contributed by atoms with Crippen molar-refractivity contribution in [2.75, 3.05) is 0 Å². The second-order valence-electron chi connectivity index (χ2n) is 4.96. The molecule has 8 nitrogen and oxygen atoms in total. The van der Waals surface area contributed by atoms with E-state index in [0.717, 1.165) is 0 Å². The van der Waals surface area contributed by atoms with Crippen molar-refractivity contribution in [1.29, 1.82) is 0 Å². The fraction of sp³-hybridized carbons (Fsp3) is 0.714. The summed E-state index contributed by atoms with van der Waals surface area (Å²) in [5.41, 5.74) is 0. The van der Waals surface area contributed by atoms with Crippen LogP contribution in [0.15, 0.2) is 0 Å². The van der Waals surface area contributed by atoms with Crippen LogP contribution in [0.4, 0.5) is 0 Å². The van der Waals surface area contributed by atoms with Crippen LogP contribution >= 0.6 is 0 Å². The van der Waals surface area contributed by atoms with Crippen molar-refractivity contribution in [1.82, 2.24) is 0 Å². The van der Waals surface area contributed by atoms with E-state index in [1.54, 1.807) is 27.7 Å². The Labute approximate surface area is 150 Å². The number of hydrogen-bond acceptors (Lipinski definition) is 8. The summed E-state index contributed by atoms with van der Waals surface area (Å²) in [6.07, 6.45) is -0.809. The maximum Gasteiger partial charge on any atom is 0.349 e. The minimum absolute atomic E-state index is 0. The molecule has 0 atom stereocenters. The molecule has 0 fully saturated rings. The second-order valence-corrected chi connectivity index (χ2v) is 4.96. The van der Waals surface area contributed by atoms with E-state index in [1.807, 2.05) is 0 Å². The number of hydrogen-bond donors (Lipinski definition) is 0. The number of rotatable bonds is 8. The van der Waals surface area contributed by atoms with E-state index in [1.165, 1.54) is 13.8 Å². The van der Waals surface area contributed by atoms with Gasteiger partial charge in [0.05, 0.1) is 12.2 Å². The van der Waals surface area contributed by atoms with Gasteiger partial charge in [-0.3, -0.25) is 19.4 Å². The van der Waals surface area contributed by atoms with E-state index in [-0.39, 0.29) is 58.3 Å². The predicted molar refractivity (Wildman–Crippen MR) is 75.2 cm³/mol. The molecular weight excluding hydrogens is 344 g/mol. The standard InChI is InChI=1S/2C7H12O4.Ti/c2*1-5(2)10-11-7(9)4-6(3)8;/h2*5H,4H2,1-3H3;. The van der Waals surface area contributed by atoms with Crippen LogP contribution in [0.5, 0.6) is 0 Å². The minimum atomic E-state index is -0.647. The first-order valence-electron chi connectivity index (χ1n) is 6.75. The summed E-state index contributed by atoms with van der Waals surface area (Å²) in [7, 11) is 0. The molecule has 0 bridgehead atoms. The second kappa shape index (κ2) is 15.8. The number of ketones is 2. The summed E-state index contributed by atoms with van der Waals surface area (Å²) >= 11 is 0. The van der Waals surface area contributed by atoms with Crippen LogP contribution in [0.3, 0.4) is 0 Å². The smallest absolute Gasteiger partial charge is 0.299 e. The summed E-state index contributed by atoms with van der Waals surface area (Å²) in [5, 5.41) is 0. The molecule has 0 rings (SSSR count). The Bertz CT molecular complexity index is 343. The van der Waals surface area contributed by atoms with Crippen molar-refractivity contribution in [2.45, 2.75) is 66.6 Å². The van der Waals surface area contributed by atoms with Crippen molar-refractivity contribution in [3.63, 3.8) is 0 Å². The third-order valence-corrected chi connectivity index (χ3v) is 1.45.